The first-order valence-corrected chi connectivity index (χ1v) is 8.65. The van der Waals surface area contributed by atoms with Gasteiger partial charge in [-0.15, -0.1) is 0 Å². The van der Waals surface area contributed by atoms with Crippen molar-refractivity contribution in [2.24, 2.45) is 18.4 Å². The number of fused-ring (bicyclic) bond motifs is 2. The van der Waals surface area contributed by atoms with Crippen molar-refractivity contribution in [2.75, 3.05) is 33.4 Å². The normalized spacial score (nSPS) is 25.3. The van der Waals surface area contributed by atoms with Crippen LogP contribution in [0, 0.1) is 11.3 Å². The van der Waals surface area contributed by atoms with E-state index in [2.05, 4.69) is 5.32 Å². The molecule has 0 radical (unpaired) electrons. The quantitative estimate of drug-likeness (QED) is 0.835. The SMILES string of the molecule is CNC(=O)[C@]12CCOC[C@H]1CN(C(=O)c1cccc3c1oc(=O)n3C)C2. The van der Waals surface area contributed by atoms with Crippen molar-refractivity contribution in [3.05, 3.63) is 34.3 Å². The molecular weight excluding hydrogens is 338 g/mol. The zero-order valence-electron chi connectivity index (χ0n) is 14.8. The third-order valence-corrected chi connectivity index (χ3v) is 5.72. The molecule has 2 saturated heterocycles. The number of oxazole rings is 1. The number of aromatic nitrogens is 1. The van der Waals surface area contributed by atoms with Gasteiger partial charge in [-0.3, -0.25) is 14.2 Å². The van der Waals surface area contributed by atoms with E-state index in [0.717, 1.165) is 0 Å². The number of rotatable bonds is 2. The molecule has 2 atom stereocenters. The Bertz CT molecular complexity index is 946. The number of likely N-dealkylation sites (tertiary alicyclic amines) is 1. The minimum Gasteiger partial charge on any atom is -0.407 e. The molecule has 4 rings (SSSR count). The van der Waals surface area contributed by atoms with Crippen molar-refractivity contribution in [3.8, 4) is 0 Å². The maximum absolute atomic E-state index is 13.2. The Balaban J connectivity index is 1.71. The second-order valence-corrected chi connectivity index (χ2v) is 7.02. The van der Waals surface area contributed by atoms with Crippen LogP contribution in [-0.4, -0.2) is 54.6 Å². The van der Waals surface area contributed by atoms with Crippen molar-refractivity contribution in [3.63, 3.8) is 0 Å². The Kier molecular flexibility index (Phi) is 3.87. The van der Waals surface area contributed by atoms with Crippen molar-refractivity contribution in [1.82, 2.24) is 14.8 Å². The van der Waals surface area contributed by atoms with Gasteiger partial charge in [0.15, 0.2) is 5.58 Å². The smallest absolute Gasteiger partial charge is 0.407 e. The highest BCUT2D eigenvalue weighted by atomic mass is 16.5. The van der Waals surface area contributed by atoms with Crippen LogP contribution in [0.1, 0.15) is 16.8 Å². The van der Waals surface area contributed by atoms with E-state index in [9.17, 15) is 14.4 Å². The van der Waals surface area contributed by atoms with Gasteiger partial charge < -0.3 is 19.4 Å². The van der Waals surface area contributed by atoms with E-state index in [1.54, 1.807) is 37.2 Å². The number of carbonyl (C=O) groups is 2. The van der Waals surface area contributed by atoms with Gasteiger partial charge in [-0.1, -0.05) is 6.07 Å². The average Bonchev–Trinajstić information content (AvgIpc) is 3.19. The van der Waals surface area contributed by atoms with Crippen molar-refractivity contribution < 1.29 is 18.7 Å². The van der Waals surface area contributed by atoms with Crippen LogP contribution in [-0.2, 0) is 16.6 Å². The summed E-state index contributed by atoms with van der Waals surface area (Å²) < 4.78 is 12.2. The van der Waals surface area contributed by atoms with Crippen LogP contribution in [0.5, 0.6) is 0 Å². The lowest BCUT2D eigenvalue weighted by Gasteiger charge is -2.36. The molecule has 1 N–H and O–H groups in total. The van der Waals surface area contributed by atoms with E-state index in [-0.39, 0.29) is 23.3 Å². The maximum atomic E-state index is 13.2. The highest BCUT2D eigenvalue weighted by molar-refractivity contribution is 6.04. The molecule has 2 amide bonds. The number of nitrogens with one attached hydrogen (secondary N) is 1. The number of ether oxygens (including phenoxy) is 1. The van der Waals surface area contributed by atoms with Crippen LogP contribution in [0.25, 0.3) is 11.1 Å². The third kappa shape index (κ3) is 2.28. The van der Waals surface area contributed by atoms with Crippen LogP contribution in [0.4, 0.5) is 0 Å². The minimum absolute atomic E-state index is 0.0397. The molecule has 2 fully saturated rings. The average molecular weight is 359 g/mol. The second-order valence-electron chi connectivity index (χ2n) is 7.02. The predicted molar refractivity (Wildman–Crippen MR) is 92.8 cm³/mol. The number of aryl methyl sites for hydroxylation is 1. The fraction of sp³-hybridized carbons (Fsp3) is 0.500. The summed E-state index contributed by atoms with van der Waals surface area (Å²) in [6.45, 7) is 1.75. The molecule has 0 spiro atoms. The Morgan fingerprint density at radius 1 is 1.35 bits per heavy atom. The Labute approximate surface area is 149 Å². The largest absolute Gasteiger partial charge is 0.419 e. The Hall–Kier alpha value is -2.61. The van der Waals surface area contributed by atoms with E-state index in [1.807, 2.05) is 0 Å². The Morgan fingerprint density at radius 3 is 2.92 bits per heavy atom. The predicted octanol–water partition coefficient (Wildman–Crippen LogP) is 0.356. The van der Waals surface area contributed by atoms with Gasteiger partial charge in [-0.05, 0) is 18.6 Å². The molecule has 0 unspecified atom stereocenters. The number of benzene rings is 1. The van der Waals surface area contributed by atoms with E-state index < -0.39 is 11.2 Å². The van der Waals surface area contributed by atoms with Crippen LogP contribution in [0.3, 0.4) is 0 Å². The van der Waals surface area contributed by atoms with Gasteiger partial charge in [0.25, 0.3) is 5.91 Å². The number of para-hydroxylation sites is 1. The summed E-state index contributed by atoms with van der Waals surface area (Å²) in [5.74, 6) is -0.833. The topological polar surface area (TPSA) is 93.8 Å². The standard InChI is InChI=1S/C18H21N3O5/c1-19-16(23)18-6-7-25-9-11(18)8-21(10-18)15(22)12-4-3-5-13-14(12)26-17(24)20(13)2/h3-5,11H,6-10H2,1-2H3,(H,19,23)/t11-,18+/m1/s1. The number of hydrogen-bond acceptors (Lipinski definition) is 5. The lowest BCUT2D eigenvalue weighted by Crippen LogP contribution is -2.49. The van der Waals surface area contributed by atoms with Gasteiger partial charge in [0.05, 0.1) is 23.1 Å². The lowest BCUT2D eigenvalue weighted by molar-refractivity contribution is -0.138. The molecule has 138 valence electrons. The van der Waals surface area contributed by atoms with Crippen molar-refractivity contribution >= 4 is 22.9 Å². The first-order valence-electron chi connectivity index (χ1n) is 8.65. The van der Waals surface area contributed by atoms with Gasteiger partial charge >= 0.3 is 5.76 Å². The molecule has 0 aliphatic carbocycles. The molecule has 2 aromatic rings. The minimum atomic E-state index is -0.617. The third-order valence-electron chi connectivity index (χ3n) is 5.72. The van der Waals surface area contributed by atoms with E-state index >= 15 is 0 Å². The molecule has 3 heterocycles. The number of hydrogen-bond donors (Lipinski definition) is 1. The summed E-state index contributed by atoms with van der Waals surface area (Å²) in [5.41, 5.74) is 0.576. The highest BCUT2D eigenvalue weighted by Gasteiger charge is 2.54. The summed E-state index contributed by atoms with van der Waals surface area (Å²) in [6, 6.07) is 5.12. The van der Waals surface area contributed by atoms with Crippen LogP contribution in [0.15, 0.2) is 27.4 Å². The summed E-state index contributed by atoms with van der Waals surface area (Å²) in [4.78, 5) is 39.2. The molecule has 2 aliphatic heterocycles. The zero-order chi connectivity index (χ0) is 18.5. The van der Waals surface area contributed by atoms with Crippen LogP contribution in [0.2, 0.25) is 0 Å². The first-order chi connectivity index (χ1) is 12.5. The van der Waals surface area contributed by atoms with Gasteiger partial charge in [0, 0.05) is 39.7 Å². The molecule has 8 nitrogen and oxygen atoms in total. The highest BCUT2D eigenvalue weighted by Crippen LogP contribution is 2.43. The molecule has 8 heteroatoms. The molecule has 0 saturated carbocycles. The van der Waals surface area contributed by atoms with Gasteiger partial charge in [-0.2, -0.15) is 0 Å². The molecule has 2 aliphatic rings. The summed E-state index contributed by atoms with van der Waals surface area (Å²) >= 11 is 0. The van der Waals surface area contributed by atoms with Gasteiger partial charge in [0.2, 0.25) is 5.91 Å². The van der Waals surface area contributed by atoms with Crippen LogP contribution < -0.4 is 11.1 Å². The summed E-state index contributed by atoms with van der Waals surface area (Å²) in [6.07, 6.45) is 0.589. The van der Waals surface area contributed by atoms with Crippen LogP contribution >= 0.6 is 0 Å². The Morgan fingerprint density at radius 2 is 2.15 bits per heavy atom. The molecule has 0 bridgehead atoms. The summed E-state index contributed by atoms with van der Waals surface area (Å²) in [5, 5.41) is 2.74. The molecule has 1 aromatic carbocycles. The molecular formula is C18H21N3O5. The van der Waals surface area contributed by atoms with Crippen molar-refractivity contribution in [2.45, 2.75) is 6.42 Å². The molecule has 26 heavy (non-hydrogen) atoms. The van der Waals surface area contributed by atoms with Gasteiger partial charge in [0.1, 0.15) is 0 Å². The second kappa shape index (κ2) is 5.98. The monoisotopic (exact) mass is 359 g/mol. The molecule has 1 aromatic heterocycles. The fourth-order valence-corrected chi connectivity index (χ4v) is 4.21. The number of carbonyl (C=O) groups excluding carboxylic acids is 2. The van der Waals surface area contributed by atoms with E-state index in [1.165, 1.54) is 4.57 Å². The number of amides is 2. The fourth-order valence-electron chi connectivity index (χ4n) is 4.21. The zero-order valence-corrected chi connectivity index (χ0v) is 14.8. The first kappa shape index (κ1) is 16.8. The lowest BCUT2D eigenvalue weighted by atomic mass is 9.73. The number of nitrogens with zero attached hydrogens (tertiary/aromatic N) is 2. The van der Waals surface area contributed by atoms with E-state index in [4.69, 9.17) is 9.15 Å². The van der Waals surface area contributed by atoms with Gasteiger partial charge in [-0.25, -0.2) is 4.79 Å². The maximum Gasteiger partial charge on any atom is 0.419 e. The summed E-state index contributed by atoms with van der Waals surface area (Å²) in [7, 11) is 3.22. The van der Waals surface area contributed by atoms with Crippen molar-refractivity contribution in [1.29, 1.82) is 0 Å². The van der Waals surface area contributed by atoms with E-state index in [0.29, 0.717) is 43.8 Å².